The number of fused-ring (bicyclic) bond motifs is 5. The van der Waals surface area contributed by atoms with Gasteiger partial charge in [-0.3, -0.25) is 14.4 Å². The van der Waals surface area contributed by atoms with Gasteiger partial charge in [-0.25, -0.2) is 4.68 Å². The number of hydrogen-bond donors (Lipinski definition) is 3. The standard InChI is InChI=1S/C40H59N7O4/c1-28(2)26-29(3)43-38(50)39(4,5)21-25-51-40(6,7)20-23-42-34(48)18-19-35(49)46-27-30-14-9-10-15-31(30)37-36(32-16-11-12-17-33(32)46)44-45-47(37)24-13-22-41-8/h9-12,14-17,28-29,41H,13,18-27H2,1-8H3,(H,42,48)(H,43,50). The average molecular weight is 702 g/mol. The number of para-hydroxylation sites is 1. The van der Waals surface area contributed by atoms with E-state index in [4.69, 9.17) is 4.74 Å². The molecule has 0 spiro atoms. The normalized spacial score (nSPS) is 13.5. The molecule has 3 N–H and O–H groups in total. The minimum absolute atomic E-state index is 0.0376. The summed E-state index contributed by atoms with van der Waals surface area (Å²) in [4.78, 5) is 41.4. The Morgan fingerprint density at radius 2 is 1.63 bits per heavy atom. The molecule has 278 valence electrons. The predicted octanol–water partition coefficient (Wildman–Crippen LogP) is 6.12. The van der Waals surface area contributed by atoms with Crippen molar-refractivity contribution in [3.05, 3.63) is 54.1 Å². The molecule has 2 aromatic carbocycles. The van der Waals surface area contributed by atoms with E-state index in [0.717, 1.165) is 59.7 Å². The lowest BCUT2D eigenvalue weighted by atomic mass is 9.88. The Balaban J connectivity index is 1.32. The van der Waals surface area contributed by atoms with Gasteiger partial charge in [-0.05, 0) is 77.6 Å². The molecule has 2 heterocycles. The second-order valence-corrected chi connectivity index (χ2v) is 15.5. The van der Waals surface area contributed by atoms with Gasteiger partial charge in [0.05, 0.1) is 23.5 Å². The fourth-order valence-corrected chi connectivity index (χ4v) is 6.50. The molecule has 0 aliphatic carbocycles. The molecule has 1 unspecified atom stereocenters. The van der Waals surface area contributed by atoms with Crippen LogP contribution in [0, 0.1) is 11.3 Å². The van der Waals surface area contributed by atoms with Crippen LogP contribution in [0.5, 0.6) is 0 Å². The van der Waals surface area contributed by atoms with Crippen molar-refractivity contribution >= 4 is 23.4 Å². The van der Waals surface area contributed by atoms with Gasteiger partial charge < -0.3 is 25.6 Å². The van der Waals surface area contributed by atoms with Crippen molar-refractivity contribution in [3.8, 4) is 22.5 Å². The highest BCUT2D eigenvalue weighted by atomic mass is 16.5. The van der Waals surface area contributed by atoms with Gasteiger partial charge in [0.25, 0.3) is 0 Å². The lowest BCUT2D eigenvalue weighted by Crippen LogP contribution is -2.43. The highest BCUT2D eigenvalue weighted by molar-refractivity contribution is 6.01. The van der Waals surface area contributed by atoms with E-state index < -0.39 is 11.0 Å². The van der Waals surface area contributed by atoms with E-state index in [1.54, 1.807) is 4.90 Å². The number of aryl methyl sites for hydroxylation is 1. The number of benzene rings is 2. The molecular formula is C40H59N7O4. The molecule has 0 fully saturated rings. The number of nitrogens with zero attached hydrogens (tertiary/aromatic N) is 4. The Kier molecular flexibility index (Phi) is 13.9. The van der Waals surface area contributed by atoms with Crippen molar-refractivity contribution in [2.24, 2.45) is 11.3 Å². The second-order valence-electron chi connectivity index (χ2n) is 15.5. The van der Waals surface area contributed by atoms with E-state index in [1.165, 1.54) is 0 Å². The van der Waals surface area contributed by atoms with Gasteiger partial charge in [-0.2, -0.15) is 0 Å². The predicted molar refractivity (Wildman–Crippen MR) is 203 cm³/mol. The molecule has 11 nitrogen and oxygen atoms in total. The van der Waals surface area contributed by atoms with Gasteiger partial charge >= 0.3 is 0 Å². The van der Waals surface area contributed by atoms with E-state index >= 15 is 0 Å². The number of hydrogen-bond acceptors (Lipinski definition) is 7. The van der Waals surface area contributed by atoms with E-state index in [-0.39, 0.29) is 36.6 Å². The van der Waals surface area contributed by atoms with Crippen LogP contribution in [0.3, 0.4) is 0 Å². The first-order valence-electron chi connectivity index (χ1n) is 18.5. The smallest absolute Gasteiger partial charge is 0.227 e. The number of amides is 3. The molecule has 1 aliphatic rings. The average Bonchev–Trinajstić information content (AvgIpc) is 3.48. The molecular weight excluding hydrogens is 642 g/mol. The Morgan fingerprint density at radius 1 is 0.922 bits per heavy atom. The van der Waals surface area contributed by atoms with Crippen molar-refractivity contribution in [2.75, 3.05) is 31.6 Å². The number of carbonyl (C=O) groups is 3. The summed E-state index contributed by atoms with van der Waals surface area (Å²) in [6, 6.07) is 16.0. The summed E-state index contributed by atoms with van der Waals surface area (Å²) in [6.45, 7) is 17.0. The highest BCUT2D eigenvalue weighted by Crippen LogP contribution is 2.41. The molecule has 3 aromatic rings. The number of aromatic nitrogens is 3. The SMILES string of the molecule is CNCCCn1nnc2c1-c1ccccc1CN(C(=O)CCC(=O)NCCC(C)(C)OCCC(C)(C)C(=O)NC(C)CC(C)C)c1ccccc1-2. The van der Waals surface area contributed by atoms with Crippen molar-refractivity contribution in [1.29, 1.82) is 0 Å². The molecule has 51 heavy (non-hydrogen) atoms. The summed E-state index contributed by atoms with van der Waals surface area (Å²) >= 11 is 0. The van der Waals surface area contributed by atoms with E-state index in [9.17, 15) is 14.4 Å². The van der Waals surface area contributed by atoms with Crippen molar-refractivity contribution in [1.82, 2.24) is 30.9 Å². The monoisotopic (exact) mass is 701 g/mol. The molecule has 1 aromatic heterocycles. The second kappa shape index (κ2) is 17.9. The number of anilines is 1. The maximum Gasteiger partial charge on any atom is 0.227 e. The number of ether oxygens (including phenoxy) is 1. The fourth-order valence-electron chi connectivity index (χ4n) is 6.50. The molecule has 3 amide bonds. The van der Waals surface area contributed by atoms with E-state index in [2.05, 4.69) is 46.2 Å². The first-order chi connectivity index (χ1) is 24.2. The van der Waals surface area contributed by atoms with Crippen LogP contribution in [0.25, 0.3) is 22.5 Å². The zero-order valence-electron chi connectivity index (χ0n) is 32.0. The molecule has 0 saturated carbocycles. The van der Waals surface area contributed by atoms with Crippen molar-refractivity contribution in [3.63, 3.8) is 0 Å². The summed E-state index contributed by atoms with van der Waals surface area (Å²) in [6.07, 6.45) is 3.18. The van der Waals surface area contributed by atoms with Crippen LogP contribution in [0.4, 0.5) is 5.69 Å². The van der Waals surface area contributed by atoms with Crippen LogP contribution in [0.15, 0.2) is 48.5 Å². The zero-order valence-corrected chi connectivity index (χ0v) is 32.0. The fraction of sp³-hybridized carbons (Fsp3) is 0.575. The van der Waals surface area contributed by atoms with Crippen LogP contribution in [0.1, 0.15) is 92.6 Å². The topological polar surface area (TPSA) is 130 Å². The van der Waals surface area contributed by atoms with Gasteiger partial charge in [0.15, 0.2) is 0 Å². The molecule has 0 bridgehead atoms. The molecule has 4 rings (SSSR count). The number of nitrogens with one attached hydrogen (secondary N) is 3. The van der Waals surface area contributed by atoms with E-state index in [0.29, 0.717) is 38.5 Å². The summed E-state index contributed by atoms with van der Waals surface area (Å²) in [7, 11) is 1.94. The molecule has 1 atom stereocenters. The highest BCUT2D eigenvalue weighted by Gasteiger charge is 2.31. The maximum absolute atomic E-state index is 13.9. The molecule has 0 radical (unpaired) electrons. The van der Waals surface area contributed by atoms with Crippen molar-refractivity contribution < 1.29 is 19.1 Å². The summed E-state index contributed by atoms with van der Waals surface area (Å²) in [5, 5.41) is 18.5. The Hall–Kier alpha value is -4.09. The number of carbonyl (C=O) groups excluding carboxylic acids is 3. The van der Waals surface area contributed by atoms with Crippen molar-refractivity contribution in [2.45, 2.75) is 112 Å². The van der Waals surface area contributed by atoms with Crippen LogP contribution < -0.4 is 20.9 Å². The summed E-state index contributed by atoms with van der Waals surface area (Å²) in [5.41, 5.74) is 4.24. The third-order valence-electron chi connectivity index (χ3n) is 9.54. The van der Waals surface area contributed by atoms with Gasteiger partial charge in [-0.1, -0.05) is 75.4 Å². The quantitative estimate of drug-likeness (QED) is 0.136. The third kappa shape index (κ3) is 11.0. The van der Waals surface area contributed by atoms with Gasteiger partial charge in [-0.15, -0.1) is 5.10 Å². The van der Waals surface area contributed by atoms with Gasteiger partial charge in [0.2, 0.25) is 17.7 Å². The Labute approximate surface area is 304 Å². The van der Waals surface area contributed by atoms with Crippen LogP contribution >= 0.6 is 0 Å². The van der Waals surface area contributed by atoms with Crippen LogP contribution in [0.2, 0.25) is 0 Å². The third-order valence-corrected chi connectivity index (χ3v) is 9.54. The van der Waals surface area contributed by atoms with Gasteiger partial charge in [0.1, 0.15) is 5.69 Å². The molecule has 1 aliphatic heterocycles. The van der Waals surface area contributed by atoms with Crippen LogP contribution in [-0.4, -0.2) is 71.1 Å². The van der Waals surface area contributed by atoms with Crippen LogP contribution in [-0.2, 0) is 32.2 Å². The zero-order chi connectivity index (χ0) is 37.2. The first-order valence-corrected chi connectivity index (χ1v) is 18.5. The lowest BCUT2D eigenvalue weighted by Gasteiger charge is -2.30. The minimum Gasteiger partial charge on any atom is -0.375 e. The van der Waals surface area contributed by atoms with E-state index in [1.807, 2.05) is 88.8 Å². The summed E-state index contributed by atoms with van der Waals surface area (Å²) < 4.78 is 8.14. The maximum atomic E-state index is 13.9. The molecule has 0 saturated heterocycles. The Bertz CT molecular complexity index is 1630. The Morgan fingerprint density at radius 3 is 2.35 bits per heavy atom. The minimum atomic E-state index is -0.551. The first kappa shape index (κ1) is 39.7. The summed E-state index contributed by atoms with van der Waals surface area (Å²) in [5.74, 6) is 0.243. The lowest BCUT2D eigenvalue weighted by molar-refractivity contribution is -0.132. The largest absolute Gasteiger partial charge is 0.375 e. The number of rotatable bonds is 18. The van der Waals surface area contributed by atoms with Gasteiger partial charge in [0, 0.05) is 55.1 Å². The molecule has 11 heteroatoms.